The van der Waals surface area contributed by atoms with Crippen LogP contribution in [-0.2, 0) is 14.3 Å². The molecule has 0 aliphatic carbocycles. The largest absolute Gasteiger partial charge is 0.452 e. The maximum Gasteiger partial charge on any atom is 0.343 e. The second kappa shape index (κ2) is 7.60. The number of nitrogens with zero attached hydrogens (tertiary/aromatic N) is 2. The maximum atomic E-state index is 12.1. The molecule has 2 N–H and O–H groups in total. The number of aryl methyl sites for hydroxylation is 1. The van der Waals surface area contributed by atoms with Crippen molar-refractivity contribution in [3.63, 3.8) is 0 Å². The molecule has 2 rings (SSSR count). The number of carbonyl (C=O) groups excluding carboxylic acids is 3. The molecule has 0 aliphatic rings. The van der Waals surface area contributed by atoms with Crippen LogP contribution < -0.4 is 10.9 Å². The van der Waals surface area contributed by atoms with Gasteiger partial charge in [0.15, 0.2) is 6.61 Å². The Balaban J connectivity index is 2.09. The van der Waals surface area contributed by atoms with Crippen LogP contribution in [0.3, 0.4) is 0 Å². The zero-order valence-corrected chi connectivity index (χ0v) is 13.8. The van der Waals surface area contributed by atoms with Crippen molar-refractivity contribution < 1.29 is 19.1 Å². The molecule has 8 nitrogen and oxygen atoms in total. The third-order valence-corrected chi connectivity index (χ3v) is 3.27. The predicted molar refractivity (Wildman–Crippen MR) is 85.6 cm³/mol. The van der Waals surface area contributed by atoms with Gasteiger partial charge in [-0.25, -0.2) is 9.48 Å². The number of hydrogen-bond donors (Lipinski definition) is 2. The molecular weight excluding hydrogens is 336 g/mol. The lowest BCUT2D eigenvalue weighted by atomic mass is 10.2. The van der Waals surface area contributed by atoms with E-state index in [2.05, 4.69) is 16.0 Å². The molecule has 9 heteroatoms. The zero-order chi connectivity index (χ0) is 17.7. The Bertz CT molecular complexity index is 773. The van der Waals surface area contributed by atoms with Crippen molar-refractivity contribution >= 4 is 29.4 Å². The highest BCUT2D eigenvalue weighted by Crippen LogP contribution is 2.24. The van der Waals surface area contributed by atoms with Crippen LogP contribution in [0.1, 0.15) is 23.0 Å². The Morgan fingerprint density at radius 3 is 2.50 bits per heavy atom. The molecule has 0 unspecified atom stereocenters. The minimum atomic E-state index is -0.780. The molecule has 0 spiro atoms. The number of para-hydroxylation sites is 1. The zero-order valence-electron chi connectivity index (χ0n) is 13.0. The lowest BCUT2D eigenvalue weighted by Gasteiger charge is -2.06. The van der Waals surface area contributed by atoms with Crippen molar-refractivity contribution in [2.75, 3.05) is 6.61 Å². The third-order valence-electron chi connectivity index (χ3n) is 2.92. The summed E-state index contributed by atoms with van der Waals surface area (Å²) in [6.45, 7) is 2.28. The van der Waals surface area contributed by atoms with E-state index < -0.39 is 24.4 Å². The molecule has 0 bridgehead atoms. The topological polar surface area (TPSA) is 102 Å². The van der Waals surface area contributed by atoms with Gasteiger partial charge in [-0.15, -0.1) is 0 Å². The summed E-state index contributed by atoms with van der Waals surface area (Å²) in [5.41, 5.74) is 5.30. The molecule has 0 aliphatic heterocycles. The molecule has 0 fully saturated rings. The number of rotatable bonds is 4. The summed E-state index contributed by atoms with van der Waals surface area (Å²) in [5.74, 6) is -1.90. The number of esters is 1. The van der Waals surface area contributed by atoms with Crippen LogP contribution in [0, 0.1) is 6.92 Å². The van der Waals surface area contributed by atoms with Crippen LogP contribution in [0.15, 0.2) is 30.3 Å². The van der Waals surface area contributed by atoms with Crippen LogP contribution in [0.25, 0.3) is 5.69 Å². The van der Waals surface area contributed by atoms with Gasteiger partial charge in [-0.2, -0.15) is 5.10 Å². The van der Waals surface area contributed by atoms with Gasteiger partial charge in [0.05, 0.1) is 11.4 Å². The summed E-state index contributed by atoms with van der Waals surface area (Å²) < 4.78 is 6.30. The van der Waals surface area contributed by atoms with Crippen molar-refractivity contribution in [3.05, 3.63) is 46.7 Å². The van der Waals surface area contributed by atoms with Gasteiger partial charge in [0.2, 0.25) is 5.91 Å². The van der Waals surface area contributed by atoms with Crippen molar-refractivity contribution in [3.8, 4) is 5.69 Å². The van der Waals surface area contributed by atoms with Crippen LogP contribution >= 0.6 is 11.6 Å². The monoisotopic (exact) mass is 350 g/mol. The average molecular weight is 351 g/mol. The fourth-order valence-corrected chi connectivity index (χ4v) is 2.22. The van der Waals surface area contributed by atoms with Gasteiger partial charge in [-0.05, 0) is 19.1 Å². The SMILES string of the molecule is CC(=O)NNC(=O)COC(=O)c1c(C)nn(-c2ccccc2)c1Cl. The summed E-state index contributed by atoms with van der Waals surface area (Å²) in [7, 11) is 0. The predicted octanol–water partition coefficient (Wildman–Crippen LogP) is 1.16. The number of aromatic nitrogens is 2. The van der Waals surface area contributed by atoms with Crippen LogP contribution in [0.4, 0.5) is 0 Å². The van der Waals surface area contributed by atoms with Crippen molar-refractivity contribution in [2.45, 2.75) is 13.8 Å². The smallest absolute Gasteiger partial charge is 0.343 e. The van der Waals surface area contributed by atoms with E-state index in [-0.39, 0.29) is 10.7 Å². The summed E-state index contributed by atoms with van der Waals surface area (Å²) in [5, 5.41) is 4.30. The van der Waals surface area contributed by atoms with E-state index in [1.165, 1.54) is 11.6 Å². The second-order valence-corrected chi connectivity index (χ2v) is 5.16. The highest BCUT2D eigenvalue weighted by Gasteiger charge is 2.23. The molecule has 0 saturated heterocycles. The Morgan fingerprint density at radius 1 is 1.21 bits per heavy atom. The summed E-state index contributed by atoms with van der Waals surface area (Å²) in [6, 6.07) is 9.04. The summed E-state index contributed by atoms with van der Waals surface area (Å²) in [6.07, 6.45) is 0. The third kappa shape index (κ3) is 4.11. The molecular formula is C15H15ClN4O4. The molecule has 1 heterocycles. The first-order valence-electron chi connectivity index (χ1n) is 6.93. The first-order chi connectivity index (χ1) is 11.4. The first kappa shape index (κ1) is 17.5. The van der Waals surface area contributed by atoms with Gasteiger partial charge >= 0.3 is 5.97 Å². The number of amides is 2. The number of ether oxygens (including phenoxy) is 1. The van der Waals surface area contributed by atoms with E-state index in [1.807, 2.05) is 18.2 Å². The highest BCUT2D eigenvalue weighted by atomic mass is 35.5. The van der Waals surface area contributed by atoms with Crippen molar-refractivity contribution in [2.24, 2.45) is 0 Å². The standard InChI is InChI=1S/C15H15ClN4O4/c1-9-13(15(23)24-8-12(22)18-17-10(2)21)14(16)20(19-9)11-6-4-3-5-7-11/h3-7H,8H2,1-2H3,(H,17,21)(H,18,22). The van der Waals surface area contributed by atoms with Crippen LogP contribution in [0.2, 0.25) is 5.15 Å². The number of halogens is 1. The Labute approximate surface area is 142 Å². The number of carbonyl (C=O) groups is 3. The molecule has 0 saturated carbocycles. The average Bonchev–Trinajstić information content (AvgIpc) is 2.86. The van der Waals surface area contributed by atoms with Gasteiger partial charge in [0.25, 0.3) is 5.91 Å². The molecule has 2 amide bonds. The van der Waals surface area contributed by atoms with Gasteiger partial charge in [-0.3, -0.25) is 20.4 Å². The minimum absolute atomic E-state index is 0.0767. The normalized spacial score (nSPS) is 10.1. The van der Waals surface area contributed by atoms with E-state index in [1.54, 1.807) is 19.1 Å². The minimum Gasteiger partial charge on any atom is -0.452 e. The van der Waals surface area contributed by atoms with E-state index >= 15 is 0 Å². The Kier molecular flexibility index (Phi) is 5.54. The quantitative estimate of drug-likeness (QED) is 0.636. The first-order valence-corrected chi connectivity index (χ1v) is 7.31. The number of hydrogen-bond acceptors (Lipinski definition) is 5. The molecule has 0 atom stereocenters. The molecule has 24 heavy (non-hydrogen) atoms. The number of hydrazine groups is 1. The number of nitrogens with one attached hydrogen (secondary N) is 2. The molecule has 126 valence electrons. The van der Waals surface area contributed by atoms with E-state index in [9.17, 15) is 14.4 Å². The van der Waals surface area contributed by atoms with E-state index in [4.69, 9.17) is 16.3 Å². The van der Waals surface area contributed by atoms with Gasteiger partial charge in [0.1, 0.15) is 10.7 Å². The van der Waals surface area contributed by atoms with Gasteiger partial charge in [0, 0.05) is 6.92 Å². The van der Waals surface area contributed by atoms with Crippen LogP contribution in [-0.4, -0.2) is 34.2 Å². The van der Waals surface area contributed by atoms with Crippen molar-refractivity contribution in [1.29, 1.82) is 0 Å². The highest BCUT2D eigenvalue weighted by molar-refractivity contribution is 6.33. The Morgan fingerprint density at radius 2 is 1.88 bits per heavy atom. The summed E-state index contributed by atoms with van der Waals surface area (Å²) >= 11 is 6.22. The fraction of sp³-hybridized carbons (Fsp3) is 0.200. The summed E-state index contributed by atoms with van der Waals surface area (Å²) in [4.78, 5) is 34.2. The molecule has 0 radical (unpaired) electrons. The lowest BCUT2D eigenvalue weighted by molar-refractivity contribution is -0.129. The fourth-order valence-electron chi connectivity index (χ4n) is 1.87. The second-order valence-electron chi connectivity index (χ2n) is 4.80. The molecule has 1 aromatic carbocycles. The van der Waals surface area contributed by atoms with E-state index in [0.29, 0.717) is 11.4 Å². The number of benzene rings is 1. The Hall–Kier alpha value is -2.87. The lowest BCUT2D eigenvalue weighted by Crippen LogP contribution is -2.42. The molecule has 2 aromatic rings. The van der Waals surface area contributed by atoms with Crippen LogP contribution in [0.5, 0.6) is 0 Å². The van der Waals surface area contributed by atoms with Gasteiger partial charge < -0.3 is 4.74 Å². The maximum absolute atomic E-state index is 12.1. The molecule has 1 aromatic heterocycles. The van der Waals surface area contributed by atoms with Crippen molar-refractivity contribution in [1.82, 2.24) is 20.6 Å². The van der Waals surface area contributed by atoms with E-state index in [0.717, 1.165) is 0 Å². The van der Waals surface area contributed by atoms with Gasteiger partial charge in [-0.1, -0.05) is 29.8 Å².